The van der Waals surface area contributed by atoms with E-state index in [0.717, 1.165) is 33.2 Å². The number of carbonyl (C=O) groups excluding carboxylic acids is 1. The molecule has 0 aliphatic rings. The molecule has 0 spiro atoms. The molecule has 1 aromatic carbocycles. The quantitative estimate of drug-likeness (QED) is 0.213. The molecule has 0 saturated heterocycles. The van der Waals surface area contributed by atoms with Crippen LogP contribution in [0, 0.1) is 5.82 Å². The number of nitrogens with one attached hydrogen (secondary N) is 3. The van der Waals surface area contributed by atoms with E-state index >= 15 is 0 Å². The molecule has 0 aliphatic heterocycles. The summed E-state index contributed by atoms with van der Waals surface area (Å²) in [7, 11) is 0. The molecule has 0 atom stereocenters. The number of fused-ring (bicyclic) bond motifs is 2. The third-order valence-corrected chi connectivity index (χ3v) is 5.90. The van der Waals surface area contributed by atoms with Crippen LogP contribution in [0.4, 0.5) is 4.39 Å². The predicted molar refractivity (Wildman–Crippen MR) is 142 cm³/mol. The fourth-order valence-electron chi connectivity index (χ4n) is 3.85. The van der Waals surface area contributed by atoms with E-state index in [1.807, 2.05) is 19.1 Å². The maximum Gasteiger partial charge on any atom is 0.225 e. The van der Waals surface area contributed by atoms with Gasteiger partial charge in [-0.15, -0.1) is 0 Å². The molecule has 4 aromatic heterocycles. The molecule has 9 nitrogen and oxygen atoms in total. The first-order valence-electron chi connectivity index (χ1n) is 11.6. The number of H-pyrrole nitrogens is 2. The van der Waals surface area contributed by atoms with Crippen LogP contribution in [0.1, 0.15) is 25.8 Å². The smallest absolute Gasteiger partial charge is 0.225 e. The van der Waals surface area contributed by atoms with Gasteiger partial charge in [0.2, 0.25) is 5.91 Å². The number of aromatic amines is 2. The summed E-state index contributed by atoms with van der Waals surface area (Å²) in [6.45, 7) is 7.21. The maximum absolute atomic E-state index is 13.4. The van der Waals surface area contributed by atoms with Crippen LogP contribution in [0.5, 0.6) is 0 Å². The number of pyridine rings is 2. The SMILES string of the molecule is C=N/C(=C\C=C(/C)c1cnc2n[nH]c(-c3nc4c(-c5ccc(F)cc5)cncc4[nH]3)c2c1)NC(=O)CC. The Labute approximate surface area is 211 Å². The van der Waals surface area contributed by atoms with Crippen molar-refractivity contribution in [2.75, 3.05) is 0 Å². The summed E-state index contributed by atoms with van der Waals surface area (Å²) in [6.07, 6.45) is 9.02. The van der Waals surface area contributed by atoms with Crippen molar-refractivity contribution in [2.24, 2.45) is 4.99 Å². The number of aliphatic imine (C=N–C) groups is 1. The van der Waals surface area contributed by atoms with Gasteiger partial charge in [0, 0.05) is 24.4 Å². The molecular formula is C27H23FN8O. The zero-order valence-corrected chi connectivity index (χ0v) is 20.2. The number of carbonyl (C=O) groups is 1. The van der Waals surface area contributed by atoms with Crippen molar-refractivity contribution in [3.63, 3.8) is 0 Å². The van der Waals surface area contributed by atoms with Crippen LogP contribution in [0.25, 0.3) is 50.3 Å². The normalized spacial score (nSPS) is 12.3. The number of halogens is 1. The minimum atomic E-state index is -0.304. The van der Waals surface area contributed by atoms with Gasteiger partial charge in [0.25, 0.3) is 0 Å². The Bertz CT molecular complexity index is 1700. The van der Waals surface area contributed by atoms with Crippen molar-refractivity contribution in [2.45, 2.75) is 20.3 Å². The fraction of sp³-hybridized carbons (Fsp3) is 0.111. The van der Waals surface area contributed by atoms with E-state index in [-0.39, 0.29) is 11.7 Å². The summed E-state index contributed by atoms with van der Waals surface area (Å²) in [5, 5.41) is 10.8. The van der Waals surface area contributed by atoms with E-state index in [1.165, 1.54) is 12.1 Å². The summed E-state index contributed by atoms with van der Waals surface area (Å²) in [5.74, 6) is 0.507. The van der Waals surface area contributed by atoms with Gasteiger partial charge in [-0.3, -0.25) is 14.9 Å². The molecule has 0 fully saturated rings. The van der Waals surface area contributed by atoms with E-state index in [9.17, 15) is 9.18 Å². The number of imidazole rings is 1. The van der Waals surface area contributed by atoms with Gasteiger partial charge < -0.3 is 10.3 Å². The van der Waals surface area contributed by atoms with Crippen LogP contribution in [0.15, 0.2) is 71.9 Å². The Hall–Kier alpha value is -4.99. The van der Waals surface area contributed by atoms with Crippen molar-refractivity contribution in [1.29, 1.82) is 0 Å². The van der Waals surface area contributed by atoms with Crippen LogP contribution in [0.2, 0.25) is 0 Å². The number of rotatable bonds is 7. The highest BCUT2D eigenvalue weighted by molar-refractivity contribution is 5.96. The van der Waals surface area contributed by atoms with Crippen LogP contribution in [-0.2, 0) is 4.79 Å². The summed E-state index contributed by atoms with van der Waals surface area (Å²) in [6, 6.07) is 8.19. The lowest BCUT2D eigenvalue weighted by Gasteiger charge is -2.03. The van der Waals surface area contributed by atoms with E-state index in [0.29, 0.717) is 34.9 Å². The maximum atomic E-state index is 13.4. The van der Waals surface area contributed by atoms with Crippen molar-refractivity contribution < 1.29 is 9.18 Å². The number of hydrogen-bond donors (Lipinski definition) is 3. The third kappa shape index (κ3) is 4.76. The van der Waals surface area contributed by atoms with Gasteiger partial charge in [0.05, 0.1) is 22.6 Å². The highest BCUT2D eigenvalue weighted by atomic mass is 19.1. The molecule has 5 aromatic rings. The minimum Gasteiger partial charge on any atom is -0.335 e. The zero-order chi connectivity index (χ0) is 25.9. The largest absolute Gasteiger partial charge is 0.335 e. The van der Waals surface area contributed by atoms with Gasteiger partial charge >= 0.3 is 0 Å². The number of amides is 1. The van der Waals surface area contributed by atoms with E-state index in [4.69, 9.17) is 4.98 Å². The lowest BCUT2D eigenvalue weighted by atomic mass is 10.1. The van der Waals surface area contributed by atoms with Crippen molar-refractivity contribution in [3.05, 3.63) is 78.3 Å². The van der Waals surface area contributed by atoms with Crippen molar-refractivity contribution >= 4 is 40.3 Å². The Morgan fingerprint density at radius 1 is 1.19 bits per heavy atom. The monoisotopic (exact) mass is 494 g/mol. The second-order valence-electron chi connectivity index (χ2n) is 8.33. The molecule has 0 aliphatic carbocycles. The molecule has 3 N–H and O–H groups in total. The summed E-state index contributed by atoms with van der Waals surface area (Å²) in [4.78, 5) is 32.4. The molecule has 10 heteroatoms. The first kappa shape index (κ1) is 23.7. The van der Waals surface area contributed by atoms with Gasteiger partial charge in [0.15, 0.2) is 11.5 Å². The average molecular weight is 495 g/mol. The van der Waals surface area contributed by atoms with E-state index in [2.05, 4.69) is 42.2 Å². The topological polar surface area (TPSA) is 125 Å². The lowest BCUT2D eigenvalue weighted by Crippen LogP contribution is -2.20. The van der Waals surface area contributed by atoms with Crippen LogP contribution in [0.3, 0.4) is 0 Å². The second-order valence-corrected chi connectivity index (χ2v) is 8.33. The minimum absolute atomic E-state index is 0.139. The Kier molecular flexibility index (Phi) is 6.38. The van der Waals surface area contributed by atoms with Crippen LogP contribution < -0.4 is 5.32 Å². The highest BCUT2D eigenvalue weighted by Crippen LogP contribution is 2.31. The Balaban J connectivity index is 1.53. The number of allylic oxidation sites excluding steroid dienone is 3. The third-order valence-electron chi connectivity index (χ3n) is 5.90. The molecule has 184 valence electrons. The Morgan fingerprint density at radius 2 is 2.00 bits per heavy atom. The standard InChI is InChI=1S/C27H23FN8O/c1-4-23(37)33-22(29-3)10-5-15(2)17-11-19-25(35-36-26(19)31-12-17)27-32-21-14-30-13-20(24(21)34-27)16-6-8-18(28)9-7-16/h5-14H,3-4H2,1-2H3,(H,32,34)(H,33,37)(H,31,35,36)/b15-5+,22-10+. The van der Waals surface area contributed by atoms with Gasteiger partial charge in [-0.25, -0.2) is 19.4 Å². The summed E-state index contributed by atoms with van der Waals surface area (Å²) in [5.41, 5.74) is 6.04. The first-order chi connectivity index (χ1) is 18.0. The first-order valence-corrected chi connectivity index (χ1v) is 11.6. The van der Waals surface area contributed by atoms with E-state index in [1.54, 1.807) is 43.7 Å². The zero-order valence-electron chi connectivity index (χ0n) is 20.2. The fourth-order valence-corrected chi connectivity index (χ4v) is 3.85. The van der Waals surface area contributed by atoms with E-state index < -0.39 is 0 Å². The highest BCUT2D eigenvalue weighted by Gasteiger charge is 2.16. The van der Waals surface area contributed by atoms with Gasteiger partial charge in [0.1, 0.15) is 17.3 Å². The molecule has 0 unspecified atom stereocenters. The molecule has 4 heterocycles. The predicted octanol–water partition coefficient (Wildman–Crippen LogP) is 5.17. The number of hydrogen-bond acceptors (Lipinski definition) is 6. The van der Waals surface area contributed by atoms with Crippen LogP contribution in [-0.4, -0.2) is 42.8 Å². The summed E-state index contributed by atoms with van der Waals surface area (Å²) >= 11 is 0. The molecule has 0 radical (unpaired) electrons. The Morgan fingerprint density at radius 3 is 2.76 bits per heavy atom. The van der Waals surface area contributed by atoms with Crippen LogP contribution >= 0.6 is 0 Å². The van der Waals surface area contributed by atoms with Crippen molar-refractivity contribution in [3.8, 4) is 22.6 Å². The molecule has 0 saturated carbocycles. The lowest BCUT2D eigenvalue weighted by molar-refractivity contribution is -0.120. The van der Waals surface area contributed by atoms with Gasteiger partial charge in [-0.05, 0) is 54.6 Å². The average Bonchev–Trinajstić information content (AvgIpc) is 3.54. The molecule has 5 rings (SSSR count). The molecule has 0 bridgehead atoms. The van der Waals surface area contributed by atoms with Crippen molar-refractivity contribution in [1.82, 2.24) is 35.5 Å². The van der Waals surface area contributed by atoms with Gasteiger partial charge in [-0.2, -0.15) is 5.10 Å². The number of nitrogens with zero attached hydrogens (tertiary/aromatic N) is 5. The number of benzene rings is 1. The second kappa shape index (κ2) is 9.94. The van der Waals surface area contributed by atoms with Gasteiger partial charge in [-0.1, -0.05) is 25.1 Å². The molecular weight excluding hydrogens is 471 g/mol. The molecule has 37 heavy (non-hydrogen) atoms. The number of aromatic nitrogens is 6. The summed E-state index contributed by atoms with van der Waals surface area (Å²) < 4.78 is 13.4. The molecule has 1 amide bonds.